The van der Waals surface area contributed by atoms with Crippen LogP contribution in [0.15, 0.2) is 24.3 Å². The molecule has 0 aliphatic rings. The zero-order chi connectivity index (χ0) is 13.1. The maximum absolute atomic E-state index is 10.3. The number of unbranched alkanes of at least 4 members (excludes halogenated alkanes) is 1. The first-order valence-corrected chi connectivity index (χ1v) is 5.55. The van der Waals surface area contributed by atoms with E-state index < -0.39 is 5.97 Å². The van der Waals surface area contributed by atoms with Gasteiger partial charge in [-0.3, -0.25) is 4.79 Å². The Kier molecular flexibility index (Phi) is 8.22. The molecule has 0 unspecified atom stereocenters. The average molecular weight is 233 g/mol. The van der Waals surface area contributed by atoms with Gasteiger partial charge in [0.1, 0.15) is 0 Å². The first kappa shape index (κ1) is 15.0. The van der Waals surface area contributed by atoms with Crippen molar-refractivity contribution >= 4 is 11.7 Å². The van der Waals surface area contributed by atoms with Gasteiger partial charge in [-0.2, -0.15) is 0 Å². The summed E-state index contributed by atoms with van der Waals surface area (Å²) in [6.45, 7) is 0. The quantitative estimate of drug-likeness (QED) is 0.586. The summed E-state index contributed by atoms with van der Waals surface area (Å²) in [6, 6.07) is 8.11. The van der Waals surface area contributed by atoms with E-state index in [1.54, 1.807) is 0 Å². The van der Waals surface area contributed by atoms with Crippen molar-refractivity contribution in [2.45, 2.75) is 25.7 Å². The number of carboxylic acid groups (broad SMARTS) is 1. The van der Waals surface area contributed by atoms with E-state index >= 15 is 0 Å². The van der Waals surface area contributed by atoms with E-state index in [4.69, 9.17) is 5.11 Å². The monoisotopic (exact) mass is 233 g/mol. The number of carbonyl (C=O) groups is 1. The molecule has 0 heterocycles. The molecule has 2 N–H and O–H groups in total. The van der Waals surface area contributed by atoms with E-state index in [9.17, 15) is 4.79 Å². The fourth-order valence-electron chi connectivity index (χ4n) is 1.57. The van der Waals surface area contributed by atoms with Crippen LogP contribution in [0.5, 0.6) is 0 Å². The van der Waals surface area contributed by atoms with Gasteiger partial charge in [0.2, 0.25) is 0 Å². The van der Waals surface area contributed by atoms with Crippen LogP contribution < -0.4 is 5.32 Å². The Labute approximate surface area is 103 Å². The highest BCUT2D eigenvalue weighted by atomic mass is 16.4. The summed E-state index contributed by atoms with van der Waals surface area (Å²) in [4.78, 5) is 10.3. The molecule has 0 amide bonds. The van der Waals surface area contributed by atoms with Crippen LogP contribution >= 0.6 is 0 Å². The summed E-state index contributed by atoms with van der Waals surface area (Å²) >= 11 is 0. The summed E-state index contributed by atoms with van der Waals surface area (Å²) in [5.41, 5.74) is 2.39. The van der Waals surface area contributed by atoms with Gasteiger partial charge in [0.15, 0.2) is 0 Å². The molecule has 3 heteroatoms. The Morgan fingerprint density at radius 1 is 1.29 bits per heavy atom. The van der Waals surface area contributed by atoms with E-state index in [0.29, 0.717) is 0 Å². The number of hydrogen-bond donors (Lipinski definition) is 2. The van der Waals surface area contributed by atoms with E-state index in [1.165, 1.54) is 5.56 Å². The van der Waals surface area contributed by atoms with Gasteiger partial charge in [0.05, 0.1) is 0 Å². The Morgan fingerprint density at radius 3 is 2.53 bits per heavy atom. The average Bonchev–Trinajstić information content (AvgIpc) is 2.37. The summed E-state index contributed by atoms with van der Waals surface area (Å²) in [5.74, 6) is -0.711. The number of rotatable bonds is 6. The predicted molar refractivity (Wildman–Crippen MR) is 71.1 cm³/mol. The smallest absolute Gasteiger partial charge is 0.303 e. The lowest BCUT2D eigenvalue weighted by atomic mass is 10.1. The van der Waals surface area contributed by atoms with Crippen molar-refractivity contribution in [3.8, 4) is 12.8 Å². The maximum atomic E-state index is 10.3. The number of aliphatic carboxylic acids is 1. The molecule has 17 heavy (non-hydrogen) atoms. The third-order valence-electron chi connectivity index (χ3n) is 2.37. The summed E-state index contributed by atoms with van der Waals surface area (Å²) in [6.07, 6.45) is 10.9. The Bertz CT molecular complexity index is 358. The number of anilines is 1. The van der Waals surface area contributed by atoms with Gasteiger partial charge in [-0.1, -0.05) is 18.2 Å². The Balaban J connectivity index is 0.00000121. The molecule has 0 radical (unpaired) electrons. The molecule has 1 rings (SSSR count). The third-order valence-corrected chi connectivity index (χ3v) is 2.37. The molecule has 0 aromatic heterocycles. The molecule has 0 saturated heterocycles. The summed E-state index contributed by atoms with van der Waals surface area (Å²) < 4.78 is 0. The zero-order valence-corrected chi connectivity index (χ0v) is 10.1. The van der Waals surface area contributed by atoms with Gasteiger partial charge in [0.25, 0.3) is 0 Å². The highest BCUT2D eigenvalue weighted by Gasteiger charge is 2.01. The lowest BCUT2D eigenvalue weighted by Gasteiger charge is -2.07. The summed E-state index contributed by atoms with van der Waals surface area (Å²) in [7, 11) is 1.90. The normalized spacial score (nSPS) is 8.88. The molecular weight excluding hydrogens is 214 g/mol. The van der Waals surface area contributed by atoms with Gasteiger partial charge < -0.3 is 10.4 Å². The second-order valence-corrected chi connectivity index (χ2v) is 3.51. The number of aryl methyl sites for hydroxylation is 1. The fourth-order valence-corrected chi connectivity index (χ4v) is 1.57. The first-order valence-electron chi connectivity index (χ1n) is 5.55. The second-order valence-electron chi connectivity index (χ2n) is 3.51. The van der Waals surface area contributed by atoms with Crippen molar-refractivity contribution < 1.29 is 9.90 Å². The highest BCUT2D eigenvalue weighted by molar-refractivity contribution is 5.66. The van der Waals surface area contributed by atoms with Crippen LogP contribution in [0.1, 0.15) is 24.8 Å². The molecule has 3 nitrogen and oxygen atoms in total. The molecule has 0 aliphatic carbocycles. The SMILES string of the molecule is C#C.CNc1ccccc1CCCCC(=O)O. The van der Waals surface area contributed by atoms with Gasteiger partial charge in [-0.25, -0.2) is 0 Å². The molecule has 1 aromatic rings. The van der Waals surface area contributed by atoms with Crippen molar-refractivity contribution in [2.75, 3.05) is 12.4 Å². The zero-order valence-electron chi connectivity index (χ0n) is 10.1. The number of carboxylic acids is 1. The van der Waals surface area contributed by atoms with Gasteiger partial charge in [0, 0.05) is 19.2 Å². The molecule has 0 bridgehead atoms. The van der Waals surface area contributed by atoms with Crippen LogP contribution in [0.3, 0.4) is 0 Å². The van der Waals surface area contributed by atoms with E-state index in [-0.39, 0.29) is 6.42 Å². The van der Waals surface area contributed by atoms with Crippen LogP contribution in [0.25, 0.3) is 0 Å². The van der Waals surface area contributed by atoms with Crippen molar-refractivity contribution in [1.29, 1.82) is 0 Å². The van der Waals surface area contributed by atoms with Crippen LogP contribution in [0.2, 0.25) is 0 Å². The maximum Gasteiger partial charge on any atom is 0.303 e. The van der Waals surface area contributed by atoms with Crippen LogP contribution in [-0.4, -0.2) is 18.1 Å². The molecule has 1 aromatic carbocycles. The lowest BCUT2D eigenvalue weighted by Crippen LogP contribution is -1.97. The van der Waals surface area contributed by atoms with Crippen molar-refractivity contribution in [1.82, 2.24) is 0 Å². The first-order chi connectivity index (χ1) is 8.24. The number of para-hydroxylation sites is 1. The van der Waals surface area contributed by atoms with Gasteiger partial charge in [-0.15, -0.1) is 12.8 Å². The van der Waals surface area contributed by atoms with Gasteiger partial charge in [-0.05, 0) is 30.9 Å². The largest absolute Gasteiger partial charge is 0.481 e. The lowest BCUT2D eigenvalue weighted by molar-refractivity contribution is -0.137. The predicted octanol–water partition coefficient (Wildman–Crippen LogP) is 2.78. The molecule has 0 saturated carbocycles. The minimum Gasteiger partial charge on any atom is -0.481 e. The number of hydrogen-bond acceptors (Lipinski definition) is 2. The van der Waals surface area contributed by atoms with Crippen LogP contribution in [0, 0.1) is 12.8 Å². The number of nitrogens with one attached hydrogen (secondary N) is 1. The minimum absolute atomic E-state index is 0.266. The van der Waals surface area contributed by atoms with E-state index in [1.807, 2.05) is 25.2 Å². The molecule has 0 spiro atoms. The molecule has 0 aliphatic heterocycles. The highest BCUT2D eigenvalue weighted by Crippen LogP contribution is 2.16. The number of benzene rings is 1. The third kappa shape index (κ3) is 6.26. The van der Waals surface area contributed by atoms with Crippen molar-refractivity contribution in [2.24, 2.45) is 0 Å². The Morgan fingerprint density at radius 2 is 1.94 bits per heavy atom. The van der Waals surface area contributed by atoms with E-state index in [0.717, 1.165) is 24.9 Å². The Hall–Kier alpha value is -1.95. The number of terminal acetylenes is 1. The molecular formula is C14H19NO2. The van der Waals surface area contributed by atoms with Gasteiger partial charge >= 0.3 is 5.97 Å². The standard InChI is InChI=1S/C12H17NO2.C2H2/c1-13-11-8-4-2-6-10(11)7-3-5-9-12(14)15;1-2/h2,4,6,8,13H,3,5,7,9H2,1H3,(H,14,15);1-2H. The molecule has 0 atom stereocenters. The topological polar surface area (TPSA) is 49.3 Å². The van der Waals surface area contributed by atoms with Crippen LogP contribution in [0.4, 0.5) is 5.69 Å². The minimum atomic E-state index is -0.711. The second kappa shape index (κ2) is 9.29. The molecule has 92 valence electrons. The fraction of sp³-hybridized carbons (Fsp3) is 0.357. The molecule has 0 fully saturated rings. The van der Waals surface area contributed by atoms with Crippen LogP contribution in [-0.2, 0) is 11.2 Å². The van der Waals surface area contributed by atoms with Crippen molar-refractivity contribution in [3.63, 3.8) is 0 Å². The summed E-state index contributed by atoms with van der Waals surface area (Å²) in [5, 5.41) is 11.6. The van der Waals surface area contributed by atoms with Crippen molar-refractivity contribution in [3.05, 3.63) is 29.8 Å². The van der Waals surface area contributed by atoms with E-state index in [2.05, 4.69) is 24.2 Å².